The first-order chi connectivity index (χ1) is 7.38. The highest BCUT2D eigenvalue weighted by Crippen LogP contribution is 2.39. The highest BCUT2D eigenvalue weighted by atomic mass is 35.5. The van der Waals surface area contributed by atoms with Crippen LogP contribution in [0.5, 0.6) is 0 Å². The summed E-state index contributed by atoms with van der Waals surface area (Å²) in [7, 11) is 0. The second kappa shape index (κ2) is 3.71. The third-order valence-corrected chi connectivity index (χ3v) is 3.96. The normalized spacial score (nSPS) is 29.8. The van der Waals surface area contributed by atoms with E-state index in [1.165, 1.54) is 25.7 Å². The minimum Gasteiger partial charge on any atom is -0.432 e. The molecule has 1 saturated heterocycles. The number of hydrogen-bond acceptors (Lipinski definition) is 3. The van der Waals surface area contributed by atoms with E-state index in [2.05, 4.69) is 9.88 Å². The molecule has 0 radical (unpaired) electrons. The molecule has 2 atom stereocenters. The lowest BCUT2D eigenvalue weighted by Gasteiger charge is -2.21. The molecular formula is C11H15ClN2O. The smallest absolute Gasteiger partial charge is 0.297 e. The molecule has 1 aromatic heterocycles. The first-order valence-corrected chi connectivity index (χ1v) is 6.19. The van der Waals surface area contributed by atoms with E-state index in [1.54, 1.807) is 6.26 Å². The van der Waals surface area contributed by atoms with E-state index >= 15 is 0 Å². The van der Waals surface area contributed by atoms with Gasteiger partial charge in [-0.1, -0.05) is 6.42 Å². The fraction of sp³-hybridized carbons (Fsp3) is 0.727. The highest BCUT2D eigenvalue weighted by Gasteiger charge is 2.39. The van der Waals surface area contributed by atoms with Crippen LogP contribution in [-0.4, -0.2) is 17.6 Å². The first kappa shape index (κ1) is 9.52. The van der Waals surface area contributed by atoms with Gasteiger partial charge in [0.05, 0.1) is 11.6 Å². The van der Waals surface area contributed by atoms with Crippen LogP contribution in [-0.2, 0) is 5.88 Å². The standard InChI is InChI=1S/C11H15ClN2O/c12-6-9-7-15-11(13-9)14-5-4-8-2-1-3-10(8)14/h7-8,10H,1-6H2. The maximum Gasteiger partial charge on any atom is 0.297 e. The molecule has 2 aliphatic rings. The Kier molecular flexibility index (Phi) is 2.35. The Morgan fingerprint density at radius 1 is 1.47 bits per heavy atom. The van der Waals surface area contributed by atoms with Crippen LogP contribution in [0.1, 0.15) is 31.4 Å². The second-order valence-corrected chi connectivity index (χ2v) is 4.76. The number of oxazole rings is 1. The van der Waals surface area contributed by atoms with Gasteiger partial charge in [-0.3, -0.25) is 0 Å². The number of alkyl halides is 1. The zero-order valence-electron chi connectivity index (χ0n) is 8.66. The molecule has 0 aromatic carbocycles. The van der Waals surface area contributed by atoms with E-state index in [0.717, 1.165) is 24.2 Å². The van der Waals surface area contributed by atoms with Crippen molar-refractivity contribution in [1.29, 1.82) is 0 Å². The van der Waals surface area contributed by atoms with Gasteiger partial charge >= 0.3 is 0 Å². The number of fused-ring (bicyclic) bond motifs is 1. The zero-order valence-corrected chi connectivity index (χ0v) is 9.41. The summed E-state index contributed by atoms with van der Waals surface area (Å²) >= 11 is 5.72. The number of anilines is 1. The summed E-state index contributed by atoms with van der Waals surface area (Å²) in [5, 5.41) is 0. The Hall–Kier alpha value is -0.700. The second-order valence-electron chi connectivity index (χ2n) is 4.50. The molecule has 82 valence electrons. The molecule has 3 nitrogen and oxygen atoms in total. The quantitative estimate of drug-likeness (QED) is 0.727. The predicted molar refractivity (Wildman–Crippen MR) is 59.2 cm³/mol. The van der Waals surface area contributed by atoms with E-state index in [4.69, 9.17) is 16.0 Å². The summed E-state index contributed by atoms with van der Waals surface area (Å²) in [6.07, 6.45) is 7.00. The van der Waals surface area contributed by atoms with Crippen LogP contribution in [0.15, 0.2) is 10.7 Å². The van der Waals surface area contributed by atoms with Gasteiger partial charge in [-0.15, -0.1) is 11.6 Å². The molecule has 1 saturated carbocycles. The summed E-state index contributed by atoms with van der Waals surface area (Å²) in [6.45, 7) is 1.09. The van der Waals surface area contributed by atoms with Crippen molar-refractivity contribution >= 4 is 17.6 Å². The Morgan fingerprint density at radius 2 is 2.40 bits per heavy atom. The third-order valence-electron chi connectivity index (χ3n) is 3.68. The van der Waals surface area contributed by atoms with Gasteiger partial charge in [0.25, 0.3) is 6.01 Å². The summed E-state index contributed by atoms with van der Waals surface area (Å²) in [6, 6.07) is 1.45. The number of rotatable bonds is 2. The molecule has 15 heavy (non-hydrogen) atoms. The number of nitrogens with zero attached hydrogens (tertiary/aromatic N) is 2. The molecule has 0 bridgehead atoms. The Bertz CT molecular complexity index is 352. The molecule has 2 unspecified atom stereocenters. The fourth-order valence-electron chi connectivity index (χ4n) is 2.96. The van der Waals surface area contributed by atoms with E-state index in [0.29, 0.717) is 11.9 Å². The van der Waals surface area contributed by atoms with Crippen molar-refractivity contribution in [3.63, 3.8) is 0 Å². The van der Waals surface area contributed by atoms with Crippen molar-refractivity contribution in [2.45, 2.75) is 37.6 Å². The van der Waals surface area contributed by atoms with Crippen molar-refractivity contribution < 1.29 is 4.42 Å². The molecule has 3 rings (SSSR count). The number of halogens is 1. The van der Waals surface area contributed by atoms with Gasteiger partial charge in [0.2, 0.25) is 0 Å². The van der Waals surface area contributed by atoms with Crippen LogP contribution in [0.4, 0.5) is 6.01 Å². The van der Waals surface area contributed by atoms with Crippen LogP contribution in [0.25, 0.3) is 0 Å². The van der Waals surface area contributed by atoms with Gasteiger partial charge in [-0.25, -0.2) is 0 Å². The molecule has 1 aliphatic heterocycles. The average molecular weight is 227 g/mol. The molecular weight excluding hydrogens is 212 g/mol. The van der Waals surface area contributed by atoms with E-state index < -0.39 is 0 Å². The van der Waals surface area contributed by atoms with Gasteiger partial charge < -0.3 is 9.32 Å². The topological polar surface area (TPSA) is 29.3 Å². The Balaban J connectivity index is 1.81. The molecule has 1 aliphatic carbocycles. The van der Waals surface area contributed by atoms with Crippen LogP contribution < -0.4 is 4.90 Å². The minimum atomic E-state index is 0.436. The maximum absolute atomic E-state index is 5.72. The lowest BCUT2D eigenvalue weighted by molar-refractivity contribution is 0.497. The van der Waals surface area contributed by atoms with E-state index in [9.17, 15) is 0 Å². The summed E-state index contributed by atoms with van der Waals surface area (Å²) in [5.41, 5.74) is 0.841. The fourth-order valence-corrected chi connectivity index (χ4v) is 3.08. The third kappa shape index (κ3) is 1.53. The Labute approximate surface area is 94.4 Å². The van der Waals surface area contributed by atoms with Crippen molar-refractivity contribution in [2.75, 3.05) is 11.4 Å². The molecule has 0 spiro atoms. The number of hydrogen-bond donors (Lipinski definition) is 0. The lowest BCUT2D eigenvalue weighted by atomic mass is 10.1. The van der Waals surface area contributed by atoms with Crippen LogP contribution >= 0.6 is 11.6 Å². The van der Waals surface area contributed by atoms with E-state index in [-0.39, 0.29) is 0 Å². The van der Waals surface area contributed by atoms with Crippen LogP contribution in [0.3, 0.4) is 0 Å². The van der Waals surface area contributed by atoms with Gasteiger partial charge in [-0.05, 0) is 25.2 Å². The maximum atomic E-state index is 5.72. The van der Waals surface area contributed by atoms with Crippen molar-refractivity contribution in [3.05, 3.63) is 12.0 Å². The highest BCUT2D eigenvalue weighted by molar-refractivity contribution is 6.16. The monoisotopic (exact) mass is 226 g/mol. The molecule has 2 fully saturated rings. The first-order valence-electron chi connectivity index (χ1n) is 5.65. The van der Waals surface area contributed by atoms with E-state index in [1.807, 2.05) is 0 Å². The summed E-state index contributed by atoms with van der Waals surface area (Å²) < 4.78 is 5.48. The van der Waals surface area contributed by atoms with Crippen molar-refractivity contribution in [2.24, 2.45) is 5.92 Å². The Morgan fingerprint density at radius 3 is 3.20 bits per heavy atom. The largest absolute Gasteiger partial charge is 0.432 e. The molecule has 0 N–H and O–H groups in total. The predicted octanol–water partition coefficient (Wildman–Crippen LogP) is 2.79. The molecule has 0 amide bonds. The van der Waals surface area contributed by atoms with Gasteiger partial charge in [0, 0.05) is 12.6 Å². The minimum absolute atomic E-state index is 0.436. The SMILES string of the molecule is ClCc1coc(N2CCC3CCCC32)n1. The summed E-state index contributed by atoms with van der Waals surface area (Å²) in [4.78, 5) is 6.73. The number of aromatic nitrogens is 1. The lowest BCUT2D eigenvalue weighted by Crippen LogP contribution is -2.29. The van der Waals surface area contributed by atoms with Gasteiger partial charge in [-0.2, -0.15) is 4.98 Å². The van der Waals surface area contributed by atoms with Crippen molar-refractivity contribution in [1.82, 2.24) is 4.98 Å². The van der Waals surface area contributed by atoms with Crippen LogP contribution in [0, 0.1) is 5.92 Å². The molecule has 2 heterocycles. The van der Waals surface area contributed by atoms with Crippen LogP contribution in [0.2, 0.25) is 0 Å². The zero-order chi connectivity index (χ0) is 10.3. The van der Waals surface area contributed by atoms with Gasteiger partial charge in [0.1, 0.15) is 6.26 Å². The van der Waals surface area contributed by atoms with Gasteiger partial charge in [0.15, 0.2) is 0 Å². The molecule has 1 aromatic rings. The molecule has 4 heteroatoms. The van der Waals surface area contributed by atoms with Crippen molar-refractivity contribution in [3.8, 4) is 0 Å². The summed E-state index contributed by atoms with van der Waals surface area (Å²) in [5.74, 6) is 1.31. The average Bonchev–Trinajstić information content (AvgIpc) is 2.92.